The molecular formula is C11H11BrN2O. The third-order valence-electron chi connectivity index (χ3n) is 2.09. The minimum Gasteiger partial charge on any atom is -0.444 e. The molecule has 1 aromatic heterocycles. The van der Waals surface area contributed by atoms with Crippen LogP contribution in [-0.2, 0) is 0 Å². The van der Waals surface area contributed by atoms with Crippen LogP contribution in [0, 0.1) is 0 Å². The second-order valence-electron chi connectivity index (χ2n) is 3.35. The van der Waals surface area contributed by atoms with Gasteiger partial charge < -0.3 is 10.2 Å². The Kier molecular flexibility index (Phi) is 2.88. The first-order chi connectivity index (χ1) is 7.18. The molecule has 0 spiro atoms. The zero-order chi connectivity index (χ0) is 10.8. The van der Waals surface area contributed by atoms with Gasteiger partial charge in [-0.1, -0.05) is 12.1 Å². The summed E-state index contributed by atoms with van der Waals surface area (Å²) in [6, 6.07) is 7.68. The predicted molar refractivity (Wildman–Crippen MR) is 62.2 cm³/mol. The number of benzene rings is 1. The molecule has 4 heteroatoms. The summed E-state index contributed by atoms with van der Waals surface area (Å²) in [7, 11) is 0. The Morgan fingerprint density at radius 3 is 2.73 bits per heavy atom. The Morgan fingerprint density at radius 1 is 1.40 bits per heavy atom. The van der Waals surface area contributed by atoms with Crippen molar-refractivity contribution in [1.82, 2.24) is 4.98 Å². The average molecular weight is 267 g/mol. The highest BCUT2D eigenvalue weighted by Crippen LogP contribution is 2.27. The lowest BCUT2D eigenvalue weighted by molar-refractivity contribution is 0.570. The van der Waals surface area contributed by atoms with E-state index < -0.39 is 0 Å². The quantitative estimate of drug-likeness (QED) is 0.909. The summed E-state index contributed by atoms with van der Waals surface area (Å²) in [6.45, 7) is 1.88. The van der Waals surface area contributed by atoms with Crippen LogP contribution in [0.4, 0.5) is 0 Å². The van der Waals surface area contributed by atoms with Crippen molar-refractivity contribution in [1.29, 1.82) is 0 Å². The molecule has 2 aromatic rings. The highest BCUT2D eigenvalue weighted by molar-refractivity contribution is 9.10. The van der Waals surface area contributed by atoms with Gasteiger partial charge in [-0.2, -0.15) is 0 Å². The van der Waals surface area contributed by atoms with Gasteiger partial charge in [-0.25, -0.2) is 4.98 Å². The number of hydrogen-bond donors (Lipinski definition) is 1. The molecule has 0 bridgehead atoms. The highest BCUT2D eigenvalue weighted by Gasteiger charge is 2.11. The van der Waals surface area contributed by atoms with Crippen LogP contribution in [0.25, 0.3) is 11.5 Å². The van der Waals surface area contributed by atoms with Gasteiger partial charge in [0.05, 0.1) is 11.3 Å². The summed E-state index contributed by atoms with van der Waals surface area (Å²) in [5.41, 5.74) is 7.41. The normalized spacial score (nSPS) is 12.7. The van der Waals surface area contributed by atoms with Crippen LogP contribution >= 0.6 is 15.9 Å². The largest absolute Gasteiger partial charge is 0.444 e. The molecule has 1 unspecified atom stereocenters. The maximum atomic E-state index is 5.71. The lowest BCUT2D eigenvalue weighted by atomic mass is 10.2. The van der Waals surface area contributed by atoms with E-state index in [1.807, 2.05) is 31.2 Å². The van der Waals surface area contributed by atoms with Gasteiger partial charge in [0.15, 0.2) is 0 Å². The third-order valence-corrected chi connectivity index (χ3v) is 2.78. The standard InChI is InChI=1S/C11H11BrN2O/c1-7(13)10-6-15-11(14-10)8-4-2-3-5-9(8)12/h2-7H,13H2,1H3. The van der Waals surface area contributed by atoms with Crippen LogP contribution in [0.15, 0.2) is 39.4 Å². The summed E-state index contributed by atoms with van der Waals surface area (Å²) in [5.74, 6) is 0.592. The Hall–Kier alpha value is -1.13. The molecule has 0 aliphatic heterocycles. The van der Waals surface area contributed by atoms with Crippen LogP contribution in [-0.4, -0.2) is 4.98 Å². The van der Waals surface area contributed by atoms with E-state index >= 15 is 0 Å². The maximum Gasteiger partial charge on any atom is 0.227 e. The molecule has 0 fully saturated rings. The van der Waals surface area contributed by atoms with Crippen LogP contribution < -0.4 is 5.73 Å². The zero-order valence-electron chi connectivity index (χ0n) is 8.27. The third kappa shape index (κ3) is 2.11. The molecule has 0 saturated carbocycles. The number of nitrogens with zero attached hydrogens (tertiary/aromatic N) is 1. The first-order valence-corrected chi connectivity index (χ1v) is 5.43. The van der Waals surface area contributed by atoms with Crippen molar-refractivity contribution >= 4 is 15.9 Å². The molecule has 1 atom stereocenters. The van der Waals surface area contributed by atoms with Gasteiger partial charge in [0.2, 0.25) is 5.89 Å². The van der Waals surface area contributed by atoms with Crippen molar-refractivity contribution in [3.05, 3.63) is 40.7 Å². The van der Waals surface area contributed by atoms with E-state index in [1.165, 1.54) is 0 Å². The van der Waals surface area contributed by atoms with E-state index in [9.17, 15) is 0 Å². The molecule has 15 heavy (non-hydrogen) atoms. The van der Waals surface area contributed by atoms with E-state index in [-0.39, 0.29) is 6.04 Å². The van der Waals surface area contributed by atoms with Gasteiger partial charge in [-0.3, -0.25) is 0 Å². The van der Waals surface area contributed by atoms with Crippen molar-refractivity contribution in [3.63, 3.8) is 0 Å². The Morgan fingerprint density at radius 2 is 2.13 bits per heavy atom. The van der Waals surface area contributed by atoms with E-state index in [2.05, 4.69) is 20.9 Å². The molecule has 0 aliphatic rings. The molecule has 3 nitrogen and oxygen atoms in total. The van der Waals surface area contributed by atoms with Crippen molar-refractivity contribution < 1.29 is 4.42 Å². The lowest BCUT2D eigenvalue weighted by Crippen LogP contribution is -2.04. The second kappa shape index (κ2) is 4.16. The molecule has 1 aromatic carbocycles. The first-order valence-electron chi connectivity index (χ1n) is 4.64. The number of oxazole rings is 1. The van der Waals surface area contributed by atoms with E-state index in [1.54, 1.807) is 6.26 Å². The summed E-state index contributed by atoms with van der Waals surface area (Å²) in [6.07, 6.45) is 1.60. The smallest absolute Gasteiger partial charge is 0.227 e. The maximum absolute atomic E-state index is 5.71. The van der Waals surface area contributed by atoms with Gasteiger partial charge in [0.1, 0.15) is 6.26 Å². The molecule has 2 rings (SSSR count). The Balaban J connectivity index is 2.42. The van der Waals surface area contributed by atoms with Crippen molar-refractivity contribution in [3.8, 4) is 11.5 Å². The topological polar surface area (TPSA) is 52.0 Å². The van der Waals surface area contributed by atoms with Crippen LogP contribution in [0.5, 0.6) is 0 Å². The average Bonchev–Trinajstić information content (AvgIpc) is 2.67. The molecule has 0 amide bonds. The SMILES string of the molecule is CC(N)c1coc(-c2ccccc2Br)n1. The van der Waals surface area contributed by atoms with Gasteiger partial charge >= 0.3 is 0 Å². The minimum atomic E-state index is -0.106. The predicted octanol–water partition coefficient (Wildman–Crippen LogP) is 3.12. The lowest BCUT2D eigenvalue weighted by Gasteiger charge is -1.98. The zero-order valence-corrected chi connectivity index (χ0v) is 9.86. The van der Waals surface area contributed by atoms with Crippen molar-refractivity contribution in [2.24, 2.45) is 5.73 Å². The number of aromatic nitrogens is 1. The molecule has 1 heterocycles. The van der Waals surface area contributed by atoms with Gasteiger partial charge in [0.25, 0.3) is 0 Å². The molecular weight excluding hydrogens is 256 g/mol. The number of hydrogen-bond acceptors (Lipinski definition) is 3. The molecule has 78 valence electrons. The van der Waals surface area contributed by atoms with Crippen LogP contribution in [0.2, 0.25) is 0 Å². The molecule has 0 aliphatic carbocycles. The first kappa shape index (κ1) is 10.4. The molecule has 2 N–H and O–H groups in total. The number of rotatable bonds is 2. The van der Waals surface area contributed by atoms with Crippen LogP contribution in [0.1, 0.15) is 18.7 Å². The summed E-state index contributed by atoms with van der Waals surface area (Å²) in [4.78, 5) is 4.32. The fourth-order valence-corrected chi connectivity index (χ4v) is 1.71. The van der Waals surface area contributed by atoms with Crippen molar-refractivity contribution in [2.75, 3.05) is 0 Å². The second-order valence-corrected chi connectivity index (χ2v) is 4.20. The van der Waals surface area contributed by atoms with Gasteiger partial charge in [-0.15, -0.1) is 0 Å². The van der Waals surface area contributed by atoms with Gasteiger partial charge in [-0.05, 0) is 35.0 Å². The fourth-order valence-electron chi connectivity index (χ4n) is 1.25. The number of nitrogens with two attached hydrogens (primary N) is 1. The highest BCUT2D eigenvalue weighted by atomic mass is 79.9. The fraction of sp³-hybridized carbons (Fsp3) is 0.182. The number of halogens is 1. The minimum absolute atomic E-state index is 0.106. The Bertz CT molecular complexity index is 465. The summed E-state index contributed by atoms with van der Waals surface area (Å²) >= 11 is 3.45. The summed E-state index contributed by atoms with van der Waals surface area (Å²) in [5, 5.41) is 0. The monoisotopic (exact) mass is 266 g/mol. The van der Waals surface area contributed by atoms with Crippen molar-refractivity contribution in [2.45, 2.75) is 13.0 Å². The van der Waals surface area contributed by atoms with E-state index in [4.69, 9.17) is 10.2 Å². The van der Waals surface area contributed by atoms with E-state index in [0.717, 1.165) is 15.7 Å². The molecule has 0 radical (unpaired) electrons. The Labute approximate surface area is 96.4 Å². The van der Waals surface area contributed by atoms with Crippen LogP contribution in [0.3, 0.4) is 0 Å². The van der Waals surface area contributed by atoms with Gasteiger partial charge in [0, 0.05) is 10.5 Å². The molecule has 0 saturated heterocycles. The summed E-state index contributed by atoms with van der Waals surface area (Å²) < 4.78 is 6.33. The van der Waals surface area contributed by atoms with E-state index in [0.29, 0.717) is 5.89 Å².